The van der Waals surface area contributed by atoms with E-state index in [9.17, 15) is 0 Å². The highest BCUT2D eigenvalue weighted by Gasteiger charge is 2.30. The summed E-state index contributed by atoms with van der Waals surface area (Å²) in [5.74, 6) is 0.770. The Morgan fingerprint density at radius 1 is 1.16 bits per heavy atom. The third-order valence-electron chi connectivity index (χ3n) is 4.45. The molecule has 0 aromatic heterocycles. The van der Waals surface area contributed by atoms with Crippen LogP contribution in [0.4, 0.5) is 0 Å². The van der Waals surface area contributed by atoms with Crippen LogP contribution in [0.1, 0.15) is 72.6 Å². The van der Waals surface area contributed by atoms with E-state index in [-0.39, 0.29) is 0 Å². The molecule has 0 aromatic rings. The van der Waals surface area contributed by atoms with Gasteiger partial charge in [-0.1, -0.05) is 40.0 Å². The van der Waals surface area contributed by atoms with Crippen LogP contribution in [0.15, 0.2) is 0 Å². The first-order valence-electron chi connectivity index (χ1n) is 8.27. The Morgan fingerprint density at radius 3 is 2.26 bits per heavy atom. The lowest BCUT2D eigenvalue weighted by atomic mass is 9.79. The maximum atomic E-state index is 6.14. The van der Waals surface area contributed by atoms with Crippen LogP contribution in [0.3, 0.4) is 0 Å². The molecule has 114 valence electrons. The van der Waals surface area contributed by atoms with E-state index < -0.39 is 0 Å². The molecule has 0 heterocycles. The van der Waals surface area contributed by atoms with E-state index in [1.807, 2.05) is 0 Å². The number of nitrogens with one attached hydrogen (secondary N) is 1. The van der Waals surface area contributed by atoms with E-state index in [0.29, 0.717) is 17.6 Å². The molecule has 0 amide bonds. The fourth-order valence-electron chi connectivity index (χ4n) is 3.30. The van der Waals surface area contributed by atoms with Gasteiger partial charge in [-0.2, -0.15) is 0 Å². The van der Waals surface area contributed by atoms with Crippen LogP contribution in [0.5, 0.6) is 0 Å². The molecule has 1 N–H and O–H groups in total. The second-order valence-corrected chi connectivity index (χ2v) is 7.31. The lowest BCUT2D eigenvalue weighted by molar-refractivity contribution is -0.0197. The quantitative estimate of drug-likeness (QED) is 0.740. The predicted octanol–water partition coefficient (Wildman–Crippen LogP) is 4.39. The van der Waals surface area contributed by atoms with Crippen molar-refractivity contribution in [2.24, 2.45) is 11.3 Å². The van der Waals surface area contributed by atoms with Gasteiger partial charge in [-0.3, -0.25) is 0 Å². The van der Waals surface area contributed by atoms with Crippen molar-refractivity contribution in [3.8, 4) is 0 Å². The zero-order valence-corrected chi connectivity index (χ0v) is 13.8. The van der Waals surface area contributed by atoms with Crippen LogP contribution in [0, 0.1) is 11.3 Å². The Balaban J connectivity index is 2.59. The fourth-order valence-corrected chi connectivity index (χ4v) is 3.30. The van der Waals surface area contributed by atoms with Crippen molar-refractivity contribution in [1.29, 1.82) is 0 Å². The maximum absolute atomic E-state index is 6.14. The molecule has 0 aliphatic heterocycles. The van der Waals surface area contributed by atoms with Crippen molar-refractivity contribution in [2.75, 3.05) is 13.7 Å². The molecule has 1 aliphatic rings. The highest BCUT2D eigenvalue weighted by Crippen LogP contribution is 2.32. The predicted molar refractivity (Wildman–Crippen MR) is 83.5 cm³/mol. The molecular formula is C17H35NO. The second-order valence-electron chi connectivity index (χ2n) is 7.31. The lowest BCUT2D eigenvalue weighted by Gasteiger charge is -2.36. The Bertz CT molecular complexity index is 228. The molecule has 1 rings (SSSR count). The van der Waals surface area contributed by atoms with Crippen molar-refractivity contribution in [3.63, 3.8) is 0 Å². The Hall–Kier alpha value is -0.0800. The number of ether oxygens (including phenoxy) is 1. The topological polar surface area (TPSA) is 21.3 Å². The molecule has 19 heavy (non-hydrogen) atoms. The van der Waals surface area contributed by atoms with E-state index in [2.05, 4.69) is 40.1 Å². The molecule has 1 saturated carbocycles. The Labute approximate surface area is 120 Å². The summed E-state index contributed by atoms with van der Waals surface area (Å²) in [6.45, 7) is 9.96. The molecule has 2 unspecified atom stereocenters. The molecule has 2 atom stereocenters. The summed E-state index contributed by atoms with van der Waals surface area (Å²) in [4.78, 5) is 0. The maximum Gasteiger partial charge on any atom is 0.0755 e. The van der Waals surface area contributed by atoms with Gasteiger partial charge in [0.1, 0.15) is 0 Å². The summed E-state index contributed by atoms with van der Waals surface area (Å²) in [6, 6.07) is 0.516. The monoisotopic (exact) mass is 269 g/mol. The van der Waals surface area contributed by atoms with Crippen LogP contribution in [0.2, 0.25) is 0 Å². The summed E-state index contributed by atoms with van der Waals surface area (Å²) < 4.78 is 6.14. The minimum absolute atomic E-state index is 0.414. The first-order chi connectivity index (χ1) is 8.98. The highest BCUT2D eigenvalue weighted by atomic mass is 16.5. The number of rotatable bonds is 7. The molecule has 0 aromatic carbocycles. The van der Waals surface area contributed by atoms with E-state index in [0.717, 1.165) is 12.5 Å². The van der Waals surface area contributed by atoms with Gasteiger partial charge in [0.25, 0.3) is 0 Å². The normalized spacial score (nSPS) is 21.3. The molecular weight excluding hydrogens is 234 g/mol. The van der Waals surface area contributed by atoms with Crippen molar-refractivity contribution >= 4 is 0 Å². The lowest BCUT2D eigenvalue weighted by Crippen LogP contribution is -2.45. The van der Waals surface area contributed by atoms with E-state index in [1.54, 1.807) is 0 Å². The van der Waals surface area contributed by atoms with Crippen LogP contribution in [-0.4, -0.2) is 25.8 Å². The Morgan fingerprint density at radius 2 is 1.79 bits per heavy atom. The largest absolute Gasteiger partial charge is 0.377 e. The summed E-state index contributed by atoms with van der Waals surface area (Å²) >= 11 is 0. The van der Waals surface area contributed by atoms with Crippen molar-refractivity contribution in [2.45, 2.75) is 84.8 Å². The average molecular weight is 269 g/mol. The van der Waals surface area contributed by atoms with Crippen LogP contribution in [0.25, 0.3) is 0 Å². The second kappa shape index (κ2) is 8.26. The third kappa shape index (κ3) is 6.27. The molecule has 0 spiro atoms. The molecule has 0 radical (unpaired) electrons. The van der Waals surface area contributed by atoms with Crippen LogP contribution < -0.4 is 5.32 Å². The first-order valence-corrected chi connectivity index (χ1v) is 8.27. The summed E-state index contributed by atoms with van der Waals surface area (Å²) in [6.07, 6.45) is 9.82. The van der Waals surface area contributed by atoms with Gasteiger partial charge in [-0.25, -0.2) is 0 Å². The molecule has 1 fully saturated rings. The van der Waals surface area contributed by atoms with Gasteiger partial charge in [0, 0.05) is 12.6 Å². The van der Waals surface area contributed by atoms with Crippen molar-refractivity contribution in [1.82, 2.24) is 5.32 Å². The molecule has 0 bridgehead atoms. The van der Waals surface area contributed by atoms with Gasteiger partial charge in [-0.15, -0.1) is 0 Å². The van der Waals surface area contributed by atoms with Gasteiger partial charge in [0.15, 0.2) is 0 Å². The summed E-state index contributed by atoms with van der Waals surface area (Å²) in [5.41, 5.74) is 0.415. The minimum Gasteiger partial charge on any atom is -0.377 e. The molecule has 1 aliphatic carbocycles. The summed E-state index contributed by atoms with van der Waals surface area (Å²) in [5, 5.41) is 3.53. The highest BCUT2D eigenvalue weighted by molar-refractivity contribution is 4.85. The SMILES string of the molecule is CCOC(C1CCCCC1)C(CCC(C)(C)C)NC. The standard InChI is InChI=1S/C17H35NO/c1-6-19-16(14-10-8-7-9-11-14)15(18-5)12-13-17(2,3)4/h14-16,18H,6-13H2,1-5H3. The van der Waals surface area contributed by atoms with Gasteiger partial charge >= 0.3 is 0 Å². The fraction of sp³-hybridized carbons (Fsp3) is 1.00. The molecule has 2 heteroatoms. The number of hydrogen-bond donors (Lipinski definition) is 1. The van der Waals surface area contributed by atoms with Crippen LogP contribution >= 0.6 is 0 Å². The van der Waals surface area contributed by atoms with Crippen LogP contribution in [-0.2, 0) is 4.74 Å². The molecule has 2 nitrogen and oxygen atoms in total. The first kappa shape index (κ1) is 17.0. The zero-order chi connectivity index (χ0) is 14.3. The van der Waals surface area contributed by atoms with Gasteiger partial charge in [-0.05, 0) is 51.0 Å². The molecule has 0 saturated heterocycles. The van der Waals surface area contributed by atoms with Gasteiger partial charge < -0.3 is 10.1 Å². The smallest absolute Gasteiger partial charge is 0.0755 e. The minimum atomic E-state index is 0.414. The summed E-state index contributed by atoms with van der Waals surface area (Å²) in [7, 11) is 2.10. The zero-order valence-electron chi connectivity index (χ0n) is 13.8. The average Bonchev–Trinajstić information content (AvgIpc) is 2.38. The van der Waals surface area contributed by atoms with Gasteiger partial charge in [0.2, 0.25) is 0 Å². The number of hydrogen-bond acceptors (Lipinski definition) is 2. The van der Waals surface area contributed by atoms with E-state index in [4.69, 9.17) is 4.74 Å². The number of likely N-dealkylation sites (N-methyl/N-ethyl adjacent to an activating group) is 1. The van der Waals surface area contributed by atoms with E-state index in [1.165, 1.54) is 44.9 Å². The van der Waals surface area contributed by atoms with Crippen molar-refractivity contribution in [3.05, 3.63) is 0 Å². The van der Waals surface area contributed by atoms with Crippen molar-refractivity contribution < 1.29 is 4.74 Å². The Kier molecular flexibility index (Phi) is 7.38. The third-order valence-corrected chi connectivity index (χ3v) is 4.45. The van der Waals surface area contributed by atoms with Gasteiger partial charge in [0.05, 0.1) is 6.10 Å². The van der Waals surface area contributed by atoms with E-state index >= 15 is 0 Å².